The minimum absolute atomic E-state index is 0.0408. The standard InChI is InChI=1S/C32H40FN9O2/c1-21(2)26-20-36-42-30(26)38-32(41-15-12-23(34)13-16-41)39-31(42)35-19-22-7-5-8-24(17-22)44-25-10-11-27(33)28(18-25)37-29(43)9-6-14-40(3)4/h5-11,17-18,20-21,23H,12-16,19,34H2,1-4H3,(H,37,43)(H,35,38,39)/b9-6+. The summed E-state index contributed by atoms with van der Waals surface area (Å²) in [6.07, 6.45) is 6.74. The van der Waals surface area contributed by atoms with Crippen molar-refractivity contribution < 1.29 is 13.9 Å². The van der Waals surface area contributed by atoms with Crippen LogP contribution in [0.5, 0.6) is 11.5 Å². The Hall–Kier alpha value is -4.55. The molecule has 1 aliphatic rings. The van der Waals surface area contributed by atoms with Gasteiger partial charge in [-0.1, -0.05) is 32.1 Å². The number of anilines is 3. The van der Waals surface area contributed by atoms with E-state index in [2.05, 4.69) is 34.5 Å². The molecule has 4 N–H and O–H groups in total. The van der Waals surface area contributed by atoms with E-state index in [1.165, 1.54) is 24.3 Å². The Balaban J connectivity index is 1.30. The van der Waals surface area contributed by atoms with Gasteiger partial charge in [-0.05, 0) is 62.7 Å². The van der Waals surface area contributed by atoms with Gasteiger partial charge in [-0.3, -0.25) is 4.79 Å². The van der Waals surface area contributed by atoms with Gasteiger partial charge in [0.05, 0.1) is 11.9 Å². The van der Waals surface area contributed by atoms with Crippen molar-refractivity contribution in [3.05, 3.63) is 77.8 Å². The molecule has 3 heterocycles. The zero-order valence-electron chi connectivity index (χ0n) is 25.6. The lowest BCUT2D eigenvalue weighted by atomic mass is 10.1. The smallest absolute Gasteiger partial charge is 0.248 e. The number of ether oxygens (including phenoxy) is 1. The molecule has 12 heteroatoms. The Morgan fingerprint density at radius 1 is 1.16 bits per heavy atom. The summed E-state index contributed by atoms with van der Waals surface area (Å²) in [5.74, 6) is 1.51. The molecule has 1 fully saturated rings. The van der Waals surface area contributed by atoms with Gasteiger partial charge in [0.15, 0.2) is 5.65 Å². The number of carbonyl (C=O) groups is 1. The van der Waals surface area contributed by atoms with Crippen LogP contribution in [0.3, 0.4) is 0 Å². The Morgan fingerprint density at radius 3 is 2.68 bits per heavy atom. The van der Waals surface area contributed by atoms with Crippen molar-refractivity contribution in [2.75, 3.05) is 49.3 Å². The number of nitrogens with one attached hydrogen (secondary N) is 2. The Labute approximate surface area is 256 Å². The minimum Gasteiger partial charge on any atom is -0.457 e. The molecule has 1 amide bonds. The summed E-state index contributed by atoms with van der Waals surface area (Å²) in [5, 5.41) is 10.6. The fourth-order valence-corrected chi connectivity index (χ4v) is 4.89. The van der Waals surface area contributed by atoms with Crippen LogP contribution in [0.4, 0.5) is 22.0 Å². The third-order valence-electron chi connectivity index (χ3n) is 7.35. The van der Waals surface area contributed by atoms with Crippen molar-refractivity contribution in [1.29, 1.82) is 0 Å². The van der Waals surface area contributed by atoms with E-state index in [1.807, 2.05) is 49.5 Å². The number of aromatic nitrogens is 4. The molecule has 0 radical (unpaired) electrons. The molecule has 44 heavy (non-hydrogen) atoms. The Morgan fingerprint density at radius 2 is 1.93 bits per heavy atom. The molecule has 0 bridgehead atoms. The molecule has 1 aliphatic heterocycles. The van der Waals surface area contributed by atoms with Crippen molar-refractivity contribution in [2.45, 2.75) is 45.2 Å². The van der Waals surface area contributed by atoms with Gasteiger partial charge in [0.1, 0.15) is 17.3 Å². The quantitative estimate of drug-likeness (QED) is 0.208. The maximum atomic E-state index is 14.4. The van der Waals surface area contributed by atoms with E-state index in [0.29, 0.717) is 36.5 Å². The first-order valence-corrected chi connectivity index (χ1v) is 14.8. The van der Waals surface area contributed by atoms with Gasteiger partial charge in [0, 0.05) is 49.9 Å². The normalized spacial score (nSPS) is 14.2. The molecular weight excluding hydrogens is 561 g/mol. The number of hydrogen-bond donors (Lipinski definition) is 3. The van der Waals surface area contributed by atoms with Gasteiger partial charge in [-0.15, -0.1) is 0 Å². The first-order chi connectivity index (χ1) is 21.2. The summed E-state index contributed by atoms with van der Waals surface area (Å²) >= 11 is 0. The highest BCUT2D eigenvalue weighted by Crippen LogP contribution is 2.28. The van der Waals surface area contributed by atoms with Gasteiger partial charge in [-0.2, -0.15) is 19.6 Å². The second-order valence-electron chi connectivity index (χ2n) is 11.6. The summed E-state index contributed by atoms with van der Waals surface area (Å²) in [6.45, 7) is 6.92. The lowest BCUT2D eigenvalue weighted by molar-refractivity contribution is -0.111. The summed E-state index contributed by atoms with van der Waals surface area (Å²) in [6, 6.07) is 12.0. The number of piperidine rings is 1. The van der Waals surface area contributed by atoms with Crippen LogP contribution in [0.2, 0.25) is 0 Å². The average Bonchev–Trinajstić information content (AvgIpc) is 3.43. The number of hydrogen-bond acceptors (Lipinski definition) is 9. The molecule has 0 aliphatic carbocycles. The molecule has 4 aromatic rings. The molecule has 1 saturated heterocycles. The number of rotatable bonds is 11. The summed E-state index contributed by atoms with van der Waals surface area (Å²) in [5.41, 5.74) is 8.95. The molecular formula is C32H40FN9O2. The predicted octanol–water partition coefficient (Wildman–Crippen LogP) is 4.78. The number of carbonyl (C=O) groups excluding carboxylic acids is 1. The lowest BCUT2D eigenvalue weighted by Gasteiger charge is -2.30. The van der Waals surface area contributed by atoms with Gasteiger partial charge in [0.25, 0.3) is 0 Å². The molecule has 5 rings (SSSR count). The van der Waals surface area contributed by atoms with Gasteiger partial charge < -0.3 is 30.9 Å². The van der Waals surface area contributed by atoms with E-state index >= 15 is 0 Å². The van der Waals surface area contributed by atoms with Crippen molar-refractivity contribution in [1.82, 2.24) is 24.5 Å². The van der Waals surface area contributed by atoms with Crippen molar-refractivity contribution in [3.8, 4) is 11.5 Å². The number of likely N-dealkylation sites (N-methyl/N-ethyl adjacent to an activating group) is 1. The fraction of sp³-hybridized carbons (Fsp3) is 0.375. The van der Waals surface area contributed by atoms with E-state index < -0.39 is 11.7 Å². The number of nitrogens with two attached hydrogens (primary N) is 1. The van der Waals surface area contributed by atoms with Crippen molar-refractivity contribution in [2.24, 2.45) is 5.73 Å². The second-order valence-corrected chi connectivity index (χ2v) is 11.6. The predicted molar refractivity (Wildman–Crippen MR) is 171 cm³/mol. The monoisotopic (exact) mass is 601 g/mol. The highest BCUT2D eigenvalue weighted by atomic mass is 19.1. The molecule has 232 valence electrons. The number of fused-ring (bicyclic) bond motifs is 1. The molecule has 0 unspecified atom stereocenters. The average molecular weight is 602 g/mol. The highest BCUT2D eigenvalue weighted by molar-refractivity contribution is 5.99. The molecule has 0 saturated carbocycles. The molecule has 2 aromatic carbocycles. The summed E-state index contributed by atoms with van der Waals surface area (Å²) < 4.78 is 22.2. The number of halogens is 1. The second kappa shape index (κ2) is 13.8. The van der Waals surface area contributed by atoms with E-state index in [9.17, 15) is 9.18 Å². The topological polar surface area (TPSA) is 126 Å². The first kappa shape index (κ1) is 30.9. The van der Waals surface area contributed by atoms with Crippen LogP contribution < -0.4 is 26.0 Å². The van der Waals surface area contributed by atoms with Gasteiger partial charge >= 0.3 is 0 Å². The zero-order valence-corrected chi connectivity index (χ0v) is 25.6. The summed E-state index contributed by atoms with van der Waals surface area (Å²) in [7, 11) is 3.79. The minimum atomic E-state index is -0.549. The van der Waals surface area contributed by atoms with Crippen LogP contribution >= 0.6 is 0 Å². The molecule has 2 aromatic heterocycles. The SMILES string of the molecule is CC(C)c1cnn2c(NCc3cccc(Oc4ccc(F)c(NC(=O)/C=C/CN(C)C)c4)c3)nc(N3CCC(N)CC3)nc12. The van der Waals surface area contributed by atoms with E-state index in [1.54, 1.807) is 10.6 Å². The third-order valence-corrected chi connectivity index (χ3v) is 7.35. The largest absolute Gasteiger partial charge is 0.457 e. The van der Waals surface area contributed by atoms with Crippen LogP contribution in [-0.2, 0) is 11.3 Å². The maximum absolute atomic E-state index is 14.4. The molecule has 0 spiro atoms. The zero-order chi connectivity index (χ0) is 31.2. The van der Waals surface area contributed by atoms with Crippen LogP contribution in [-0.4, -0.2) is 70.2 Å². The lowest BCUT2D eigenvalue weighted by Crippen LogP contribution is -2.40. The van der Waals surface area contributed by atoms with Gasteiger partial charge in [-0.25, -0.2) is 4.39 Å². The van der Waals surface area contributed by atoms with Crippen LogP contribution in [0.1, 0.15) is 43.7 Å². The van der Waals surface area contributed by atoms with Crippen LogP contribution in [0.15, 0.2) is 60.8 Å². The Kier molecular flexibility index (Phi) is 9.71. The third kappa shape index (κ3) is 7.69. The van der Waals surface area contributed by atoms with E-state index in [4.69, 9.17) is 20.4 Å². The first-order valence-electron chi connectivity index (χ1n) is 14.8. The number of nitrogens with zero attached hydrogens (tertiary/aromatic N) is 6. The molecule has 11 nitrogen and oxygen atoms in total. The highest BCUT2D eigenvalue weighted by Gasteiger charge is 2.22. The van der Waals surface area contributed by atoms with Crippen LogP contribution in [0.25, 0.3) is 5.65 Å². The number of benzene rings is 2. The van der Waals surface area contributed by atoms with Gasteiger partial charge in [0.2, 0.25) is 17.8 Å². The van der Waals surface area contributed by atoms with Crippen molar-refractivity contribution in [3.63, 3.8) is 0 Å². The number of amides is 1. The van der Waals surface area contributed by atoms with E-state index in [-0.39, 0.29) is 17.6 Å². The van der Waals surface area contributed by atoms with Crippen molar-refractivity contribution >= 4 is 29.1 Å². The Bertz CT molecular complexity index is 1630. The molecule has 0 atom stereocenters. The van der Waals surface area contributed by atoms with E-state index in [0.717, 1.165) is 42.7 Å². The maximum Gasteiger partial charge on any atom is 0.248 e. The fourth-order valence-electron chi connectivity index (χ4n) is 4.89. The van der Waals surface area contributed by atoms with Crippen LogP contribution in [0, 0.1) is 5.82 Å². The summed E-state index contributed by atoms with van der Waals surface area (Å²) in [4.78, 5) is 26.1.